The molecule has 4 heteroatoms. The number of fused-ring (bicyclic) bond motifs is 2. The van der Waals surface area contributed by atoms with Crippen molar-refractivity contribution >= 4 is 29.6 Å². The number of nitrogens with two attached hydrogens (primary N) is 1. The molecule has 0 bridgehead atoms. The van der Waals surface area contributed by atoms with Crippen molar-refractivity contribution in [3.05, 3.63) is 28.6 Å². The van der Waals surface area contributed by atoms with Gasteiger partial charge in [-0.1, -0.05) is 31.1 Å². The first-order valence-corrected chi connectivity index (χ1v) is 7.97. The first-order valence-electron chi connectivity index (χ1n) is 7.56. The zero-order valence-electron chi connectivity index (χ0n) is 11.9. The van der Waals surface area contributed by atoms with Crippen molar-refractivity contribution in [2.75, 3.05) is 0 Å². The van der Waals surface area contributed by atoms with Crippen LogP contribution in [0.5, 0.6) is 0 Å². The Bertz CT molecular complexity index is 501. The molecule has 110 valence electrons. The summed E-state index contributed by atoms with van der Waals surface area (Å²) in [4.78, 5) is 5.64. The van der Waals surface area contributed by atoms with Gasteiger partial charge in [0.1, 0.15) is 0 Å². The van der Waals surface area contributed by atoms with Crippen molar-refractivity contribution in [2.24, 2.45) is 5.73 Å². The molecule has 20 heavy (non-hydrogen) atoms. The number of hydrogen-bond donors (Lipinski definition) is 1. The predicted octanol–water partition coefficient (Wildman–Crippen LogP) is 3.87. The topological polar surface area (TPSA) is 38.9 Å². The molecule has 0 amide bonds. The van der Waals surface area contributed by atoms with Crippen LogP contribution >= 0.6 is 24.6 Å². The first kappa shape index (κ1) is 15.7. The van der Waals surface area contributed by atoms with Gasteiger partial charge in [0.05, 0.1) is 16.6 Å². The van der Waals surface area contributed by atoms with E-state index in [0.717, 1.165) is 19.3 Å². The smallest absolute Gasteiger partial charge is 0.0819 e. The molecule has 1 aromatic heterocycles. The van der Waals surface area contributed by atoms with E-state index in [1.807, 2.05) is 0 Å². The van der Waals surface area contributed by atoms with E-state index in [-0.39, 0.29) is 18.3 Å². The van der Waals surface area contributed by atoms with Gasteiger partial charge in [-0.15, -0.1) is 12.4 Å². The van der Waals surface area contributed by atoms with Crippen molar-refractivity contribution in [2.45, 2.75) is 63.7 Å². The summed E-state index contributed by atoms with van der Waals surface area (Å²) in [6.07, 6.45) is 10.9. The monoisotopic (exact) mass is 310 g/mol. The van der Waals surface area contributed by atoms with Crippen LogP contribution in [0.4, 0.5) is 0 Å². The van der Waals surface area contributed by atoms with E-state index < -0.39 is 0 Å². The lowest BCUT2D eigenvalue weighted by atomic mass is 9.95. The van der Waals surface area contributed by atoms with Gasteiger partial charge in [-0.25, -0.2) is 0 Å². The molecule has 0 saturated carbocycles. The number of aryl methyl sites for hydroxylation is 3. The third kappa shape index (κ3) is 3.15. The molecule has 3 rings (SSSR count). The molecule has 1 heterocycles. The Morgan fingerprint density at radius 1 is 1.05 bits per heavy atom. The number of hydrogen-bond acceptors (Lipinski definition) is 2. The minimum atomic E-state index is 0. The number of thiocarbonyl (C=S) groups is 1. The van der Waals surface area contributed by atoms with E-state index in [4.69, 9.17) is 22.9 Å². The SMILES string of the molecule is Cl.NC(=S)C1CCCCc2cc3c(nc21)CCCCC3. The normalized spacial score (nSPS) is 21.7. The highest BCUT2D eigenvalue weighted by Gasteiger charge is 2.24. The van der Waals surface area contributed by atoms with Gasteiger partial charge in [0.25, 0.3) is 0 Å². The van der Waals surface area contributed by atoms with Crippen LogP contribution in [0.2, 0.25) is 0 Å². The van der Waals surface area contributed by atoms with Crippen molar-refractivity contribution < 1.29 is 0 Å². The standard InChI is InChI=1S/C16H22N2S.ClH/c17-16(19)13-8-5-4-7-12-10-11-6-2-1-3-9-14(11)18-15(12)13;/h10,13H,1-9H2,(H2,17,19);1H. The maximum atomic E-state index is 5.95. The summed E-state index contributed by atoms with van der Waals surface area (Å²) in [5.74, 6) is 0.209. The molecular weight excluding hydrogens is 288 g/mol. The maximum Gasteiger partial charge on any atom is 0.0819 e. The summed E-state index contributed by atoms with van der Waals surface area (Å²) >= 11 is 5.27. The average Bonchev–Trinajstić information content (AvgIpc) is 2.73. The number of aromatic nitrogens is 1. The summed E-state index contributed by atoms with van der Waals surface area (Å²) in [6.45, 7) is 0. The largest absolute Gasteiger partial charge is 0.393 e. The minimum Gasteiger partial charge on any atom is -0.393 e. The molecule has 0 radical (unpaired) electrons. The van der Waals surface area contributed by atoms with Gasteiger partial charge in [-0.05, 0) is 56.1 Å². The Balaban J connectivity index is 0.00000147. The van der Waals surface area contributed by atoms with Crippen LogP contribution in [0.3, 0.4) is 0 Å². The molecule has 0 spiro atoms. The lowest BCUT2D eigenvalue weighted by Gasteiger charge is -2.18. The Morgan fingerprint density at radius 2 is 1.75 bits per heavy atom. The Kier molecular flexibility index (Phi) is 5.39. The molecule has 1 aromatic rings. The van der Waals surface area contributed by atoms with Gasteiger partial charge < -0.3 is 5.73 Å². The zero-order chi connectivity index (χ0) is 13.2. The lowest BCUT2D eigenvalue weighted by Crippen LogP contribution is -2.21. The highest BCUT2D eigenvalue weighted by atomic mass is 35.5. The van der Waals surface area contributed by atoms with Crippen LogP contribution in [-0.4, -0.2) is 9.97 Å². The van der Waals surface area contributed by atoms with Crippen LogP contribution in [-0.2, 0) is 19.3 Å². The number of halogens is 1. The number of nitrogens with zero attached hydrogens (tertiary/aromatic N) is 1. The van der Waals surface area contributed by atoms with Crippen LogP contribution in [0.25, 0.3) is 0 Å². The van der Waals surface area contributed by atoms with Gasteiger partial charge in [-0.2, -0.15) is 0 Å². The fraction of sp³-hybridized carbons (Fsp3) is 0.625. The molecular formula is C16H23ClN2S. The van der Waals surface area contributed by atoms with Crippen molar-refractivity contribution in [1.29, 1.82) is 0 Å². The van der Waals surface area contributed by atoms with Crippen LogP contribution < -0.4 is 5.73 Å². The summed E-state index contributed by atoms with van der Waals surface area (Å²) in [7, 11) is 0. The predicted molar refractivity (Wildman–Crippen MR) is 89.8 cm³/mol. The van der Waals surface area contributed by atoms with Gasteiger partial charge in [0.2, 0.25) is 0 Å². The van der Waals surface area contributed by atoms with Gasteiger partial charge >= 0.3 is 0 Å². The molecule has 0 aliphatic heterocycles. The third-order valence-corrected chi connectivity index (χ3v) is 4.81. The van der Waals surface area contributed by atoms with Gasteiger partial charge in [0, 0.05) is 5.69 Å². The van der Waals surface area contributed by atoms with Crippen molar-refractivity contribution in [1.82, 2.24) is 4.98 Å². The first-order chi connectivity index (χ1) is 9.25. The fourth-order valence-corrected chi connectivity index (χ4v) is 3.68. The molecule has 1 unspecified atom stereocenters. The van der Waals surface area contributed by atoms with E-state index >= 15 is 0 Å². The fourth-order valence-electron chi connectivity index (χ4n) is 3.45. The Hall–Kier alpha value is -0.670. The van der Waals surface area contributed by atoms with E-state index in [2.05, 4.69) is 6.07 Å². The highest BCUT2D eigenvalue weighted by Crippen LogP contribution is 2.32. The minimum absolute atomic E-state index is 0. The second-order valence-electron chi connectivity index (χ2n) is 5.90. The van der Waals surface area contributed by atoms with Gasteiger partial charge in [-0.3, -0.25) is 4.98 Å². The third-order valence-electron chi connectivity index (χ3n) is 4.53. The van der Waals surface area contributed by atoms with Crippen molar-refractivity contribution in [3.8, 4) is 0 Å². The quantitative estimate of drug-likeness (QED) is 0.632. The molecule has 2 aliphatic rings. The average molecular weight is 311 g/mol. The molecule has 2 nitrogen and oxygen atoms in total. The zero-order valence-corrected chi connectivity index (χ0v) is 13.5. The van der Waals surface area contributed by atoms with Crippen LogP contribution in [0, 0.1) is 0 Å². The summed E-state index contributed by atoms with van der Waals surface area (Å²) < 4.78 is 0. The van der Waals surface area contributed by atoms with E-state index in [9.17, 15) is 0 Å². The Morgan fingerprint density at radius 3 is 2.55 bits per heavy atom. The van der Waals surface area contributed by atoms with E-state index in [1.165, 1.54) is 61.0 Å². The second-order valence-corrected chi connectivity index (χ2v) is 6.37. The Labute approximate surface area is 133 Å². The summed E-state index contributed by atoms with van der Waals surface area (Å²) in [5.41, 5.74) is 11.4. The summed E-state index contributed by atoms with van der Waals surface area (Å²) in [6, 6.07) is 2.42. The molecule has 2 N–H and O–H groups in total. The molecule has 1 atom stereocenters. The van der Waals surface area contributed by atoms with Crippen LogP contribution in [0.15, 0.2) is 6.07 Å². The number of rotatable bonds is 1. The molecule has 0 aromatic carbocycles. The summed E-state index contributed by atoms with van der Waals surface area (Å²) in [5, 5.41) is 0. The highest BCUT2D eigenvalue weighted by molar-refractivity contribution is 7.80. The number of pyridine rings is 1. The lowest BCUT2D eigenvalue weighted by molar-refractivity contribution is 0.679. The molecule has 0 saturated heterocycles. The van der Waals surface area contributed by atoms with Crippen molar-refractivity contribution in [3.63, 3.8) is 0 Å². The molecule has 2 aliphatic carbocycles. The van der Waals surface area contributed by atoms with E-state index in [0.29, 0.717) is 4.99 Å². The van der Waals surface area contributed by atoms with E-state index in [1.54, 1.807) is 0 Å². The van der Waals surface area contributed by atoms with Gasteiger partial charge in [0.15, 0.2) is 0 Å². The maximum absolute atomic E-state index is 5.95. The molecule has 0 fully saturated rings. The second kappa shape index (κ2) is 6.86. The van der Waals surface area contributed by atoms with Crippen LogP contribution in [0.1, 0.15) is 67.0 Å².